The quantitative estimate of drug-likeness (QED) is 0.649. The maximum atomic E-state index is 12.7. The summed E-state index contributed by atoms with van der Waals surface area (Å²) < 4.78 is 10.6. The van der Waals surface area contributed by atoms with Crippen LogP contribution in [0.25, 0.3) is 11.4 Å². The zero-order chi connectivity index (χ0) is 20.2. The van der Waals surface area contributed by atoms with E-state index in [4.69, 9.17) is 21.1 Å². The number of halogens is 1. The first-order chi connectivity index (χ1) is 14.2. The molecule has 150 valence electrons. The third kappa shape index (κ3) is 4.13. The normalized spacial score (nSPS) is 13.9. The molecule has 0 aliphatic carbocycles. The molecule has 3 heterocycles. The summed E-state index contributed by atoms with van der Waals surface area (Å²) in [5.74, 6) is 1.08. The van der Waals surface area contributed by atoms with Gasteiger partial charge in [0, 0.05) is 13.1 Å². The summed E-state index contributed by atoms with van der Waals surface area (Å²) in [6.07, 6.45) is 1.41. The second-order valence-electron chi connectivity index (χ2n) is 6.13. The van der Waals surface area contributed by atoms with Gasteiger partial charge in [-0.2, -0.15) is 4.98 Å². The largest absolute Gasteiger partial charge is 0.496 e. The molecule has 10 nitrogen and oxygen atoms in total. The van der Waals surface area contributed by atoms with Gasteiger partial charge in [-0.1, -0.05) is 23.7 Å². The summed E-state index contributed by atoms with van der Waals surface area (Å²) in [7, 11) is 1.57. The molecule has 11 heteroatoms. The number of nitrogens with one attached hydrogen (secondary N) is 2. The minimum Gasteiger partial charge on any atom is -0.496 e. The Balaban J connectivity index is 1.53. The van der Waals surface area contributed by atoms with Crippen LogP contribution in [-0.4, -0.2) is 64.5 Å². The van der Waals surface area contributed by atoms with Crippen LogP contribution in [0.2, 0.25) is 5.02 Å². The highest BCUT2D eigenvalue weighted by Crippen LogP contribution is 2.27. The molecule has 1 fully saturated rings. The number of hydrogen-bond donors (Lipinski definition) is 2. The van der Waals surface area contributed by atoms with Gasteiger partial charge >= 0.3 is 0 Å². The lowest BCUT2D eigenvalue weighted by atomic mass is 10.2. The summed E-state index contributed by atoms with van der Waals surface area (Å²) in [5, 5.41) is 9.57. The molecule has 0 saturated carbocycles. The van der Waals surface area contributed by atoms with Crippen LogP contribution in [0.5, 0.6) is 5.75 Å². The van der Waals surface area contributed by atoms with Crippen LogP contribution in [0.1, 0.15) is 10.5 Å². The van der Waals surface area contributed by atoms with E-state index in [0.29, 0.717) is 43.8 Å². The van der Waals surface area contributed by atoms with Crippen LogP contribution in [0.3, 0.4) is 0 Å². The van der Waals surface area contributed by atoms with Gasteiger partial charge in [0.1, 0.15) is 5.75 Å². The van der Waals surface area contributed by atoms with Crippen LogP contribution in [0.4, 0.5) is 11.9 Å². The number of carbonyl (C=O) groups is 1. The van der Waals surface area contributed by atoms with Gasteiger partial charge in [-0.05, 0) is 12.1 Å². The molecule has 0 unspecified atom stereocenters. The summed E-state index contributed by atoms with van der Waals surface area (Å²) in [4.78, 5) is 27.5. The van der Waals surface area contributed by atoms with Crippen molar-refractivity contribution in [3.05, 3.63) is 41.2 Å². The highest BCUT2D eigenvalue weighted by Gasteiger charge is 2.20. The van der Waals surface area contributed by atoms with Crippen molar-refractivity contribution in [2.75, 3.05) is 43.6 Å². The standard InChI is InChI=1S/C18H18ClN7O3/c1-28-13-5-3-2-4-11(13)15-22-17(25-24-15)23-16(27)14-12(19)10-20-18(21-14)26-6-8-29-9-7-26/h2-5,10H,6-9H2,1H3,(H2,22,23,24,25,27). The number of benzene rings is 1. The van der Waals surface area contributed by atoms with E-state index in [9.17, 15) is 4.79 Å². The molecule has 1 aromatic carbocycles. The molecule has 4 rings (SSSR count). The molecule has 0 bridgehead atoms. The molecule has 0 atom stereocenters. The molecule has 1 amide bonds. The first kappa shape index (κ1) is 19.1. The Hall–Kier alpha value is -3.24. The third-order valence-electron chi connectivity index (χ3n) is 4.31. The van der Waals surface area contributed by atoms with Crippen molar-refractivity contribution < 1.29 is 14.3 Å². The van der Waals surface area contributed by atoms with Gasteiger partial charge in [0.25, 0.3) is 5.91 Å². The van der Waals surface area contributed by atoms with Crippen LogP contribution < -0.4 is 15.0 Å². The Bertz CT molecular complexity index is 1020. The van der Waals surface area contributed by atoms with Crippen LogP contribution in [-0.2, 0) is 4.74 Å². The number of aromatic nitrogens is 5. The topological polar surface area (TPSA) is 118 Å². The van der Waals surface area contributed by atoms with Crippen LogP contribution >= 0.6 is 11.6 Å². The number of H-pyrrole nitrogens is 1. The van der Waals surface area contributed by atoms with Crippen molar-refractivity contribution in [2.24, 2.45) is 0 Å². The second-order valence-corrected chi connectivity index (χ2v) is 6.54. The number of methoxy groups -OCH3 is 1. The number of para-hydroxylation sites is 1. The molecule has 2 N–H and O–H groups in total. The van der Waals surface area contributed by atoms with Crippen molar-refractivity contribution in [3.63, 3.8) is 0 Å². The van der Waals surface area contributed by atoms with Crippen molar-refractivity contribution in [2.45, 2.75) is 0 Å². The molecule has 2 aromatic heterocycles. The highest BCUT2D eigenvalue weighted by atomic mass is 35.5. The summed E-state index contributed by atoms with van der Waals surface area (Å²) in [6.45, 7) is 2.45. The maximum absolute atomic E-state index is 12.7. The van der Waals surface area contributed by atoms with Gasteiger partial charge in [-0.3, -0.25) is 15.2 Å². The fourth-order valence-electron chi connectivity index (χ4n) is 2.87. The SMILES string of the molecule is COc1ccccc1-c1nc(NC(=O)c2nc(N3CCOCC3)ncc2Cl)n[nH]1. The molecule has 1 aliphatic rings. The van der Waals surface area contributed by atoms with Crippen LogP contribution in [0, 0.1) is 0 Å². The van der Waals surface area contributed by atoms with Crippen molar-refractivity contribution in [1.29, 1.82) is 0 Å². The predicted octanol–water partition coefficient (Wildman–Crippen LogP) is 2.01. The zero-order valence-electron chi connectivity index (χ0n) is 15.6. The average molecular weight is 416 g/mol. The zero-order valence-corrected chi connectivity index (χ0v) is 16.3. The fraction of sp³-hybridized carbons (Fsp3) is 0.278. The van der Waals surface area contributed by atoms with E-state index in [1.165, 1.54) is 6.20 Å². The second kappa shape index (κ2) is 8.41. The Morgan fingerprint density at radius 3 is 2.86 bits per heavy atom. The number of aromatic amines is 1. The molecule has 1 saturated heterocycles. The van der Waals surface area contributed by atoms with Crippen molar-refractivity contribution in [1.82, 2.24) is 25.1 Å². The lowest BCUT2D eigenvalue weighted by Gasteiger charge is -2.26. The number of ether oxygens (including phenoxy) is 2. The van der Waals surface area contributed by atoms with Gasteiger partial charge in [0.05, 0.1) is 37.1 Å². The van der Waals surface area contributed by atoms with E-state index < -0.39 is 5.91 Å². The number of morpholine rings is 1. The first-order valence-corrected chi connectivity index (χ1v) is 9.26. The molecule has 29 heavy (non-hydrogen) atoms. The van der Waals surface area contributed by atoms with E-state index in [1.54, 1.807) is 7.11 Å². The van der Waals surface area contributed by atoms with Gasteiger partial charge < -0.3 is 14.4 Å². The van der Waals surface area contributed by atoms with E-state index >= 15 is 0 Å². The minimum atomic E-state index is -0.530. The molecule has 1 aliphatic heterocycles. The Labute approximate surface area is 171 Å². The monoisotopic (exact) mass is 415 g/mol. The number of nitrogens with zero attached hydrogens (tertiary/aromatic N) is 5. The van der Waals surface area contributed by atoms with E-state index in [0.717, 1.165) is 5.56 Å². The molecule has 3 aromatic rings. The number of amides is 1. The van der Waals surface area contributed by atoms with Crippen molar-refractivity contribution in [3.8, 4) is 17.1 Å². The Kier molecular flexibility index (Phi) is 5.54. The van der Waals surface area contributed by atoms with E-state index in [1.807, 2.05) is 29.2 Å². The van der Waals surface area contributed by atoms with Crippen LogP contribution in [0.15, 0.2) is 30.5 Å². The average Bonchev–Trinajstić information content (AvgIpc) is 3.22. The fourth-order valence-corrected chi connectivity index (χ4v) is 3.05. The molecule has 0 radical (unpaired) electrons. The predicted molar refractivity (Wildman–Crippen MR) is 106 cm³/mol. The molecular weight excluding hydrogens is 398 g/mol. The summed E-state index contributed by atoms with van der Waals surface area (Å²) >= 11 is 6.14. The van der Waals surface area contributed by atoms with Gasteiger partial charge in [0.15, 0.2) is 11.5 Å². The molecular formula is C18H18ClN7O3. The summed E-state index contributed by atoms with van der Waals surface area (Å²) in [6, 6.07) is 7.35. The van der Waals surface area contributed by atoms with Crippen molar-refractivity contribution >= 4 is 29.4 Å². The van der Waals surface area contributed by atoms with Gasteiger partial charge in [-0.15, -0.1) is 5.10 Å². The molecule has 0 spiro atoms. The highest BCUT2D eigenvalue weighted by molar-refractivity contribution is 6.33. The lowest BCUT2D eigenvalue weighted by Crippen LogP contribution is -2.37. The minimum absolute atomic E-state index is 0.0480. The van der Waals surface area contributed by atoms with E-state index in [-0.39, 0.29) is 16.7 Å². The van der Waals surface area contributed by atoms with E-state index in [2.05, 4.69) is 30.5 Å². The number of carbonyl (C=O) groups excluding carboxylic acids is 1. The van der Waals surface area contributed by atoms with Gasteiger partial charge in [0.2, 0.25) is 11.9 Å². The Morgan fingerprint density at radius 2 is 2.07 bits per heavy atom. The maximum Gasteiger partial charge on any atom is 0.278 e. The number of anilines is 2. The first-order valence-electron chi connectivity index (χ1n) is 8.88. The summed E-state index contributed by atoms with van der Waals surface area (Å²) in [5.41, 5.74) is 0.768. The van der Waals surface area contributed by atoms with Gasteiger partial charge in [-0.25, -0.2) is 9.97 Å². The number of rotatable bonds is 5. The third-order valence-corrected chi connectivity index (χ3v) is 4.59. The smallest absolute Gasteiger partial charge is 0.278 e. The Morgan fingerprint density at radius 1 is 1.28 bits per heavy atom. The lowest BCUT2D eigenvalue weighted by molar-refractivity contribution is 0.102. The number of hydrogen-bond acceptors (Lipinski definition) is 8.